The van der Waals surface area contributed by atoms with Crippen LogP contribution in [0.3, 0.4) is 0 Å². The summed E-state index contributed by atoms with van der Waals surface area (Å²) in [5.41, 5.74) is 4.62. The molecule has 192 valence electrons. The zero-order valence-corrected chi connectivity index (χ0v) is 21.8. The SMILES string of the molecule is COc1ccc(C(c2ccccc2)(c2ccccc2)c2ccc(OC(=O)c3ccc(C(C)=O)cc3)cc2)cc1. The molecule has 0 saturated heterocycles. The third-order valence-electron chi connectivity index (χ3n) is 6.96. The van der Waals surface area contributed by atoms with E-state index in [1.165, 1.54) is 6.92 Å². The van der Waals surface area contributed by atoms with E-state index in [2.05, 4.69) is 36.4 Å². The van der Waals surface area contributed by atoms with Gasteiger partial charge in [-0.05, 0) is 65.6 Å². The molecule has 0 bridgehead atoms. The van der Waals surface area contributed by atoms with Crippen LogP contribution < -0.4 is 9.47 Å². The Morgan fingerprint density at radius 1 is 0.513 bits per heavy atom. The Labute approximate surface area is 228 Å². The smallest absolute Gasteiger partial charge is 0.343 e. The average molecular weight is 513 g/mol. The number of carbonyl (C=O) groups is 2. The molecule has 5 rings (SSSR count). The lowest BCUT2D eigenvalue weighted by Gasteiger charge is -2.37. The summed E-state index contributed by atoms with van der Waals surface area (Å²) in [6.07, 6.45) is 0. The number of Topliss-reactive ketones (excluding diaryl/α,β-unsaturated/α-hetero) is 1. The van der Waals surface area contributed by atoms with Crippen molar-refractivity contribution in [3.63, 3.8) is 0 Å². The molecule has 5 aromatic carbocycles. The molecule has 0 fully saturated rings. The Balaban J connectivity index is 1.58. The van der Waals surface area contributed by atoms with Gasteiger partial charge in [-0.3, -0.25) is 4.79 Å². The summed E-state index contributed by atoms with van der Waals surface area (Å²) in [7, 11) is 1.66. The van der Waals surface area contributed by atoms with Gasteiger partial charge in [0.05, 0.1) is 18.1 Å². The molecular weight excluding hydrogens is 484 g/mol. The quantitative estimate of drug-likeness (QED) is 0.0935. The second-order valence-electron chi connectivity index (χ2n) is 9.26. The fourth-order valence-electron chi connectivity index (χ4n) is 5.00. The summed E-state index contributed by atoms with van der Waals surface area (Å²) in [5, 5.41) is 0. The standard InChI is InChI=1S/C35H28O4/c1-25(36)26-13-15-27(16-14-26)34(37)39-33-23-19-31(20-24-33)35(28-9-5-3-6-10-28,29-11-7-4-8-12-29)30-17-21-32(38-2)22-18-30/h3-24H,1-2H3. The Hall–Kier alpha value is -4.96. The van der Waals surface area contributed by atoms with Gasteiger partial charge in [-0.25, -0.2) is 4.79 Å². The average Bonchev–Trinajstić information content (AvgIpc) is 3.00. The predicted molar refractivity (Wildman–Crippen MR) is 153 cm³/mol. The van der Waals surface area contributed by atoms with Gasteiger partial charge in [0.2, 0.25) is 0 Å². The number of rotatable bonds is 8. The third kappa shape index (κ3) is 5.10. The van der Waals surface area contributed by atoms with E-state index in [0.29, 0.717) is 16.9 Å². The van der Waals surface area contributed by atoms with Crippen LogP contribution in [-0.2, 0) is 5.41 Å². The van der Waals surface area contributed by atoms with Crippen molar-refractivity contribution in [3.8, 4) is 11.5 Å². The number of esters is 1. The molecular formula is C35H28O4. The maximum Gasteiger partial charge on any atom is 0.343 e. The van der Waals surface area contributed by atoms with Crippen LogP contribution in [0.15, 0.2) is 133 Å². The zero-order valence-electron chi connectivity index (χ0n) is 21.8. The lowest BCUT2D eigenvalue weighted by Crippen LogP contribution is -2.31. The Morgan fingerprint density at radius 2 is 0.923 bits per heavy atom. The highest BCUT2D eigenvalue weighted by Gasteiger charge is 2.38. The van der Waals surface area contributed by atoms with Crippen LogP contribution in [0.1, 0.15) is 49.9 Å². The zero-order chi connectivity index (χ0) is 27.2. The molecule has 0 saturated carbocycles. The van der Waals surface area contributed by atoms with E-state index in [1.54, 1.807) is 31.4 Å². The first-order chi connectivity index (χ1) is 19.0. The fourth-order valence-corrected chi connectivity index (χ4v) is 5.00. The number of hydrogen-bond acceptors (Lipinski definition) is 4. The summed E-state index contributed by atoms with van der Waals surface area (Å²) < 4.78 is 11.1. The van der Waals surface area contributed by atoms with Gasteiger partial charge in [-0.2, -0.15) is 0 Å². The maximum absolute atomic E-state index is 12.8. The van der Waals surface area contributed by atoms with Crippen LogP contribution >= 0.6 is 0 Å². The molecule has 4 heteroatoms. The molecule has 0 heterocycles. The highest BCUT2D eigenvalue weighted by molar-refractivity contribution is 5.96. The van der Waals surface area contributed by atoms with Crippen LogP contribution in [-0.4, -0.2) is 18.9 Å². The second-order valence-corrected chi connectivity index (χ2v) is 9.26. The molecule has 0 radical (unpaired) electrons. The van der Waals surface area contributed by atoms with E-state index in [0.717, 1.165) is 28.0 Å². The van der Waals surface area contributed by atoms with Crippen molar-refractivity contribution in [1.29, 1.82) is 0 Å². The van der Waals surface area contributed by atoms with E-state index in [1.807, 2.05) is 72.8 Å². The number of ketones is 1. The summed E-state index contributed by atoms with van der Waals surface area (Å²) >= 11 is 0. The van der Waals surface area contributed by atoms with Crippen LogP contribution in [0.2, 0.25) is 0 Å². The van der Waals surface area contributed by atoms with Crippen molar-refractivity contribution < 1.29 is 19.1 Å². The monoisotopic (exact) mass is 512 g/mol. The van der Waals surface area contributed by atoms with Crippen molar-refractivity contribution in [3.05, 3.63) is 167 Å². The van der Waals surface area contributed by atoms with Gasteiger partial charge < -0.3 is 9.47 Å². The third-order valence-corrected chi connectivity index (χ3v) is 6.96. The van der Waals surface area contributed by atoms with Crippen molar-refractivity contribution in [2.24, 2.45) is 0 Å². The van der Waals surface area contributed by atoms with Crippen LogP contribution in [0.25, 0.3) is 0 Å². The summed E-state index contributed by atoms with van der Waals surface area (Å²) in [6, 6.07) is 43.0. The highest BCUT2D eigenvalue weighted by atomic mass is 16.5. The van der Waals surface area contributed by atoms with Gasteiger partial charge in [0, 0.05) is 5.56 Å². The molecule has 5 aromatic rings. The van der Waals surface area contributed by atoms with Gasteiger partial charge in [-0.15, -0.1) is 0 Å². The molecule has 39 heavy (non-hydrogen) atoms. The van der Waals surface area contributed by atoms with Gasteiger partial charge in [-0.1, -0.05) is 97.1 Å². The molecule has 4 nitrogen and oxygen atoms in total. The van der Waals surface area contributed by atoms with Crippen LogP contribution in [0.5, 0.6) is 11.5 Å². The molecule has 0 unspecified atom stereocenters. The first-order valence-electron chi connectivity index (χ1n) is 12.7. The van der Waals surface area contributed by atoms with Crippen molar-refractivity contribution in [2.45, 2.75) is 12.3 Å². The van der Waals surface area contributed by atoms with E-state index >= 15 is 0 Å². The minimum absolute atomic E-state index is 0.0531. The molecule has 0 amide bonds. The Kier molecular flexibility index (Phi) is 7.37. The maximum atomic E-state index is 12.8. The summed E-state index contributed by atoms with van der Waals surface area (Å²) in [4.78, 5) is 24.3. The number of carbonyl (C=O) groups excluding carboxylic acids is 2. The number of ether oxygens (including phenoxy) is 2. The normalized spacial score (nSPS) is 11.0. The summed E-state index contributed by atoms with van der Waals surface area (Å²) in [6.45, 7) is 1.49. The molecule has 0 aliphatic rings. The lowest BCUT2D eigenvalue weighted by molar-refractivity contribution is 0.0734. The second kappa shape index (κ2) is 11.2. The Morgan fingerprint density at radius 3 is 1.36 bits per heavy atom. The molecule has 0 aliphatic heterocycles. The summed E-state index contributed by atoms with van der Waals surface area (Å²) in [5.74, 6) is 0.685. The minimum Gasteiger partial charge on any atom is -0.497 e. The van der Waals surface area contributed by atoms with E-state index in [4.69, 9.17) is 9.47 Å². The minimum atomic E-state index is -0.625. The molecule has 0 aliphatic carbocycles. The van der Waals surface area contributed by atoms with Crippen LogP contribution in [0.4, 0.5) is 0 Å². The Bertz CT molecular complexity index is 1520. The number of methoxy groups -OCH3 is 1. The van der Waals surface area contributed by atoms with Crippen LogP contribution in [0, 0.1) is 0 Å². The topological polar surface area (TPSA) is 52.6 Å². The van der Waals surface area contributed by atoms with E-state index < -0.39 is 11.4 Å². The molecule has 0 atom stereocenters. The molecule has 0 spiro atoms. The fraction of sp³-hybridized carbons (Fsp3) is 0.0857. The first kappa shape index (κ1) is 25.7. The van der Waals surface area contributed by atoms with E-state index in [9.17, 15) is 9.59 Å². The molecule has 0 N–H and O–H groups in total. The lowest BCUT2D eigenvalue weighted by atomic mass is 9.65. The molecule has 0 aromatic heterocycles. The number of hydrogen-bond donors (Lipinski definition) is 0. The van der Waals surface area contributed by atoms with Gasteiger partial charge in [0.1, 0.15) is 11.5 Å². The highest BCUT2D eigenvalue weighted by Crippen LogP contribution is 2.45. The number of benzene rings is 5. The largest absolute Gasteiger partial charge is 0.497 e. The van der Waals surface area contributed by atoms with Crippen molar-refractivity contribution in [1.82, 2.24) is 0 Å². The predicted octanol–water partition coefficient (Wildman–Crippen LogP) is 7.50. The first-order valence-corrected chi connectivity index (χ1v) is 12.7. The van der Waals surface area contributed by atoms with Crippen molar-refractivity contribution in [2.75, 3.05) is 7.11 Å². The van der Waals surface area contributed by atoms with Gasteiger partial charge >= 0.3 is 5.97 Å². The van der Waals surface area contributed by atoms with E-state index in [-0.39, 0.29) is 5.78 Å². The van der Waals surface area contributed by atoms with Gasteiger partial charge in [0.25, 0.3) is 0 Å². The van der Waals surface area contributed by atoms with Crippen molar-refractivity contribution >= 4 is 11.8 Å². The van der Waals surface area contributed by atoms with Gasteiger partial charge in [0.15, 0.2) is 5.78 Å².